The van der Waals surface area contributed by atoms with E-state index >= 15 is 0 Å². The van der Waals surface area contributed by atoms with Crippen molar-refractivity contribution in [3.05, 3.63) is 0 Å². The Morgan fingerprint density at radius 1 is 1.39 bits per heavy atom. The van der Waals surface area contributed by atoms with Crippen molar-refractivity contribution in [2.24, 2.45) is 5.92 Å². The second-order valence-corrected chi connectivity index (χ2v) is 9.51. The van der Waals surface area contributed by atoms with Gasteiger partial charge in [-0.2, -0.15) is 4.31 Å². The molecule has 1 aliphatic carbocycles. The second kappa shape index (κ2) is 4.65. The van der Waals surface area contributed by atoms with Crippen LogP contribution in [0.2, 0.25) is 0 Å². The maximum atomic E-state index is 11.7. The largest absolute Gasteiger partial charge is 0.377 e. The summed E-state index contributed by atoms with van der Waals surface area (Å²) in [4.78, 5) is 0. The van der Waals surface area contributed by atoms with Crippen LogP contribution in [0, 0.1) is 5.92 Å². The number of ether oxygens (including phenoxy) is 1. The lowest BCUT2D eigenvalue weighted by molar-refractivity contribution is 0.0446. The molecule has 1 atom stereocenters. The van der Waals surface area contributed by atoms with Gasteiger partial charge in [0.05, 0.1) is 11.9 Å². The minimum atomic E-state index is -2.98. The molecule has 0 amide bonds. The summed E-state index contributed by atoms with van der Waals surface area (Å²) in [5, 5.41) is 0. The molecule has 104 valence electrons. The number of rotatable bonds is 5. The Bertz CT molecular complexity index is 413. The number of hydrogen-bond acceptors (Lipinski definition) is 4. The van der Waals surface area contributed by atoms with Crippen LogP contribution in [-0.4, -0.2) is 54.8 Å². The molecule has 3 rings (SSSR count). The fourth-order valence-electron chi connectivity index (χ4n) is 2.66. The molecule has 6 heteroatoms. The van der Waals surface area contributed by atoms with Gasteiger partial charge in [-0.15, -0.1) is 11.8 Å². The number of sulfonamides is 1. The first-order chi connectivity index (χ1) is 8.53. The average Bonchev–Trinajstić information content (AvgIpc) is 3.02. The van der Waals surface area contributed by atoms with E-state index in [4.69, 9.17) is 4.74 Å². The molecule has 2 heterocycles. The zero-order valence-corrected chi connectivity index (χ0v) is 12.4. The molecular formula is C12H21NO3S2. The van der Waals surface area contributed by atoms with Gasteiger partial charge in [0.1, 0.15) is 0 Å². The second-order valence-electron chi connectivity index (χ2n) is 5.77. The standard InChI is InChI=1S/C12H21NO3S2/c1-2-18(14,15)13-8-12(9-13)5-11(7-17-12)16-6-10-3-4-10/h10-11H,2-9H2,1H3. The maximum Gasteiger partial charge on any atom is 0.213 e. The van der Waals surface area contributed by atoms with Gasteiger partial charge in [-0.25, -0.2) is 8.42 Å². The van der Waals surface area contributed by atoms with Gasteiger partial charge in [0.25, 0.3) is 0 Å². The van der Waals surface area contributed by atoms with Crippen LogP contribution in [0.25, 0.3) is 0 Å². The van der Waals surface area contributed by atoms with E-state index in [0.717, 1.165) is 24.7 Å². The van der Waals surface area contributed by atoms with Crippen molar-refractivity contribution < 1.29 is 13.2 Å². The maximum absolute atomic E-state index is 11.7. The molecule has 2 saturated heterocycles. The summed E-state index contributed by atoms with van der Waals surface area (Å²) in [6.45, 7) is 4.01. The number of nitrogens with zero attached hydrogens (tertiary/aromatic N) is 1. The molecule has 0 bridgehead atoms. The van der Waals surface area contributed by atoms with E-state index in [1.165, 1.54) is 12.8 Å². The van der Waals surface area contributed by atoms with E-state index in [-0.39, 0.29) is 10.5 Å². The van der Waals surface area contributed by atoms with Gasteiger partial charge >= 0.3 is 0 Å². The molecule has 0 radical (unpaired) electrons. The molecule has 4 nitrogen and oxygen atoms in total. The van der Waals surface area contributed by atoms with Gasteiger partial charge in [0.2, 0.25) is 10.0 Å². The van der Waals surface area contributed by atoms with Crippen LogP contribution in [0.1, 0.15) is 26.2 Å². The zero-order valence-electron chi connectivity index (χ0n) is 10.8. The Hall–Kier alpha value is 0.220. The lowest BCUT2D eigenvalue weighted by Crippen LogP contribution is -2.60. The summed E-state index contributed by atoms with van der Waals surface area (Å²) < 4.78 is 31.1. The molecule has 1 saturated carbocycles. The van der Waals surface area contributed by atoms with E-state index in [0.29, 0.717) is 19.2 Å². The number of thioether (sulfide) groups is 1. The summed E-state index contributed by atoms with van der Waals surface area (Å²) in [6, 6.07) is 0. The Kier molecular flexibility index (Phi) is 3.41. The highest BCUT2D eigenvalue weighted by Gasteiger charge is 2.52. The van der Waals surface area contributed by atoms with Crippen LogP contribution in [0.3, 0.4) is 0 Å². The first-order valence-corrected chi connectivity index (χ1v) is 9.36. The van der Waals surface area contributed by atoms with Crippen LogP contribution in [0.4, 0.5) is 0 Å². The highest BCUT2D eigenvalue weighted by Crippen LogP contribution is 2.47. The molecule has 18 heavy (non-hydrogen) atoms. The van der Waals surface area contributed by atoms with Gasteiger partial charge in [0, 0.05) is 30.2 Å². The quantitative estimate of drug-likeness (QED) is 0.766. The molecule has 3 aliphatic rings. The van der Waals surface area contributed by atoms with Crippen LogP contribution in [-0.2, 0) is 14.8 Å². The van der Waals surface area contributed by atoms with Crippen molar-refractivity contribution in [3.8, 4) is 0 Å². The van der Waals surface area contributed by atoms with Crippen molar-refractivity contribution in [1.82, 2.24) is 4.31 Å². The molecule has 0 aromatic rings. The van der Waals surface area contributed by atoms with Crippen LogP contribution < -0.4 is 0 Å². The van der Waals surface area contributed by atoms with E-state index in [2.05, 4.69) is 0 Å². The summed E-state index contributed by atoms with van der Waals surface area (Å²) >= 11 is 1.91. The van der Waals surface area contributed by atoms with Gasteiger partial charge in [-0.1, -0.05) is 0 Å². The predicted octanol–water partition coefficient (Wildman–Crippen LogP) is 1.32. The van der Waals surface area contributed by atoms with Crippen molar-refractivity contribution in [2.45, 2.75) is 37.0 Å². The third-order valence-corrected chi connectivity index (χ3v) is 7.48. The predicted molar refractivity (Wildman–Crippen MR) is 73.3 cm³/mol. The van der Waals surface area contributed by atoms with Crippen molar-refractivity contribution in [2.75, 3.05) is 31.2 Å². The normalized spacial score (nSPS) is 31.7. The summed E-state index contributed by atoms with van der Waals surface area (Å²) in [5.74, 6) is 2.06. The molecular weight excluding hydrogens is 270 g/mol. The topological polar surface area (TPSA) is 46.6 Å². The molecule has 0 N–H and O–H groups in total. The molecule has 3 fully saturated rings. The Morgan fingerprint density at radius 2 is 2.11 bits per heavy atom. The Balaban J connectivity index is 1.48. The Morgan fingerprint density at radius 3 is 2.72 bits per heavy atom. The Labute approximate surface area is 113 Å². The lowest BCUT2D eigenvalue weighted by Gasteiger charge is -2.46. The van der Waals surface area contributed by atoms with Crippen LogP contribution in [0.15, 0.2) is 0 Å². The van der Waals surface area contributed by atoms with E-state index in [1.54, 1.807) is 11.2 Å². The van der Waals surface area contributed by atoms with Crippen LogP contribution >= 0.6 is 11.8 Å². The fourth-order valence-corrected chi connectivity index (χ4v) is 5.63. The van der Waals surface area contributed by atoms with E-state index in [9.17, 15) is 8.42 Å². The van der Waals surface area contributed by atoms with Gasteiger partial charge in [-0.05, 0) is 32.1 Å². The van der Waals surface area contributed by atoms with Crippen molar-refractivity contribution >= 4 is 21.8 Å². The third-order valence-electron chi connectivity index (χ3n) is 4.13. The highest BCUT2D eigenvalue weighted by molar-refractivity contribution is 8.01. The SMILES string of the molecule is CCS(=O)(=O)N1CC2(CC(OCC3CC3)CS2)C1. The van der Waals surface area contributed by atoms with Crippen molar-refractivity contribution in [3.63, 3.8) is 0 Å². The molecule has 1 spiro atoms. The monoisotopic (exact) mass is 291 g/mol. The first-order valence-electron chi connectivity index (χ1n) is 6.76. The van der Waals surface area contributed by atoms with Gasteiger partial charge in [0.15, 0.2) is 0 Å². The van der Waals surface area contributed by atoms with E-state index in [1.807, 2.05) is 11.8 Å². The molecule has 2 aliphatic heterocycles. The van der Waals surface area contributed by atoms with Gasteiger partial charge < -0.3 is 4.74 Å². The van der Waals surface area contributed by atoms with Crippen LogP contribution in [0.5, 0.6) is 0 Å². The lowest BCUT2D eigenvalue weighted by atomic mass is 9.95. The minimum Gasteiger partial charge on any atom is -0.377 e. The zero-order chi connectivity index (χ0) is 12.8. The summed E-state index contributed by atoms with van der Waals surface area (Å²) in [5.41, 5.74) is 0. The third kappa shape index (κ3) is 2.57. The molecule has 0 aromatic heterocycles. The van der Waals surface area contributed by atoms with E-state index < -0.39 is 10.0 Å². The molecule has 0 aromatic carbocycles. The number of hydrogen-bond donors (Lipinski definition) is 0. The highest BCUT2D eigenvalue weighted by atomic mass is 32.2. The minimum absolute atomic E-state index is 0.163. The fraction of sp³-hybridized carbons (Fsp3) is 1.00. The molecule has 1 unspecified atom stereocenters. The first kappa shape index (κ1) is 13.2. The van der Waals surface area contributed by atoms with Gasteiger partial charge in [-0.3, -0.25) is 0 Å². The van der Waals surface area contributed by atoms with Crippen molar-refractivity contribution in [1.29, 1.82) is 0 Å². The average molecular weight is 291 g/mol. The smallest absolute Gasteiger partial charge is 0.213 e. The summed E-state index contributed by atoms with van der Waals surface area (Å²) in [6.07, 6.45) is 4.03. The summed E-state index contributed by atoms with van der Waals surface area (Å²) in [7, 11) is -2.98.